The zero-order valence-corrected chi connectivity index (χ0v) is 16.2. The van der Waals surface area contributed by atoms with Gasteiger partial charge < -0.3 is 15.5 Å². The second kappa shape index (κ2) is 7.27. The summed E-state index contributed by atoms with van der Waals surface area (Å²) < 4.78 is 0. The highest BCUT2D eigenvalue weighted by atomic mass is 32.2. The van der Waals surface area contributed by atoms with Crippen LogP contribution in [0, 0.1) is 5.92 Å². The molecule has 2 aliphatic heterocycles. The second-order valence-electron chi connectivity index (χ2n) is 7.05. The van der Waals surface area contributed by atoms with E-state index in [-0.39, 0.29) is 24.2 Å². The minimum absolute atomic E-state index is 0.0106. The van der Waals surface area contributed by atoms with Crippen molar-refractivity contribution in [3.05, 3.63) is 48.0 Å². The third-order valence-corrected chi connectivity index (χ3v) is 6.12. The number of amides is 2. The summed E-state index contributed by atoms with van der Waals surface area (Å²) in [5, 5.41) is 0. The smallest absolute Gasteiger partial charge is 0.232 e. The van der Waals surface area contributed by atoms with Gasteiger partial charge in [0.05, 0.1) is 5.92 Å². The van der Waals surface area contributed by atoms with Crippen molar-refractivity contribution in [2.45, 2.75) is 24.2 Å². The summed E-state index contributed by atoms with van der Waals surface area (Å²) in [5.41, 5.74) is 9.66. The molecule has 0 aromatic heterocycles. The van der Waals surface area contributed by atoms with E-state index in [1.165, 1.54) is 0 Å². The third kappa shape index (κ3) is 3.30. The minimum Gasteiger partial charge on any atom is -0.398 e. The van der Waals surface area contributed by atoms with Crippen LogP contribution < -0.4 is 15.5 Å². The zero-order valence-electron chi connectivity index (χ0n) is 15.4. The van der Waals surface area contributed by atoms with Crippen molar-refractivity contribution in [3.63, 3.8) is 0 Å². The highest BCUT2D eigenvalue weighted by Gasteiger charge is 2.38. The monoisotopic (exact) mass is 381 g/mol. The van der Waals surface area contributed by atoms with E-state index in [0.29, 0.717) is 13.1 Å². The first-order valence-corrected chi connectivity index (χ1v) is 10.4. The summed E-state index contributed by atoms with van der Waals surface area (Å²) in [5.74, 6) is -0.280. The highest BCUT2D eigenvalue weighted by Crippen LogP contribution is 2.34. The lowest BCUT2D eigenvalue weighted by atomic mass is 9.97. The molecular formula is C21H23N3O2S. The fraction of sp³-hybridized carbons (Fsp3) is 0.333. The Kier molecular flexibility index (Phi) is 4.83. The van der Waals surface area contributed by atoms with Crippen LogP contribution in [0.15, 0.2) is 47.4 Å². The molecule has 1 fully saturated rings. The summed E-state index contributed by atoms with van der Waals surface area (Å²) >= 11 is 1.64. The van der Waals surface area contributed by atoms with Gasteiger partial charge in [-0.15, -0.1) is 11.8 Å². The Balaban J connectivity index is 1.56. The molecule has 6 heteroatoms. The Labute approximate surface area is 163 Å². The predicted molar refractivity (Wildman–Crippen MR) is 110 cm³/mol. The first-order chi connectivity index (χ1) is 13.1. The zero-order chi connectivity index (χ0) is 19.0. The van der Waals surface area contributed by atoms with E-state index >= 15 is 0 Å². The molecule has 0 saturated carbocycles. The van der Waals surface area contributed by atoms with Crippen molar-refractivity contribution in [2.24, 2.45) is 5.92 Å². The maximum absolute atomic E-state index is 13.2. The van der Waals surface area contributed by atoms with Crippen LogP contribution in [0.5, 0.6) is 0 Å². The van der Waals surface area contributed by atoms with E-state index in [1.54, 1.807) is 16.7 Å². The summed E-state index contributed by atoms with van der Waals surface area (Å²) in [6, 6.07) is 13.6. The standard InChI is InChI=1S/C21H23N3O2S/c1-27-16-6-2-5-15(12-16)24-13-14(11-20(24)25)21(26)23-10-4-7-17-18(22)8-3-9-19(17)23/h2-3,5-6,8-9,12,14H,4,7,10-11,13,22H2,1H3. The van der Waals surface area contributed by atoms with Crippen LogP contribution in [-0.2, 0) is 16.0 Å². The van der Waals surface area contributed by atoms with Crippen molar-refractivity contribution < 1.29 is 9.59 Å². The normalized spacial score (nSPS) is 19.3. The van der Waals surface area contributed by atoms with Crippen LogP contribution >= 0.6 is 11.8 Å². The van der Waals surface area contributed by atoms with Crippen LogP contribution in [0.3, 0.4) is 0 Å². The second-order valence-corrected chi connectivity index (χ2v) is 7.92. The predicted octanol–water partition coefficient (Wildman–Crippen LogP) is 3.32. The Morgan fingerprint density at radius 3 is 2.85 bits per heavy atom. The molecule has 2 amide bonds. The van der Waals surface area contributed by atoms with Gasteiger partial charge in [-0.25, -0.2) is 0 Å². The molecule has 0 bridgehead atoms. The van der Waals surface area contributed by atoms with E-state index < -0.39 is 0 Å². The fourth-order valence-corrected chi connectivity index (χ4v) is 4.46. The number of hydrogen-bond donors (Lipinski definition) is 1. The van der Waals surface area contributed by atoms with Gasteiger partial charge in [-0.2, -0.15) is 0 Å². The van der Waals surface area contributed by atoms with Gasteiger partial charge in [0.15, 0.2) is 0 Å². The largest absolute Gasteiger partial charge is 0.398 e. The summed E-state index contributed by atoms with van der Waals surface area (Å²) in [6.45, 7) is 1.12. The SMILES string of the molecule is CSc1cccc(N2CC(C(=O)N3CCCc4c(N)cccc43)CC2=O)c1. The Hall–Kier alpha value is -2.47. The van der Waals surface area contributed by atoms with Gasteiger partial charge in [0.2, 0.25) is 11.8 Å². The molecule has 27 heavy (non-hydrogen) atoms. The van der Waals surface area contributed by atoms with Crippen LogP contribution in [0.4, 0.5) is 17.1 Å². The molecule has 2 heterocycles. The Morgan fingerprint density at radius 2 is 2.04 bits per heavy atom. The first kappa shape index (κ1) is 17.9. The Morgan fingerprint density at radius 1 is 1.22 bits per heavy atom. The maximum atomic E-state index is 13.2. The fourth-order valence-electron chi connectivity index (χ4n) is 4.00. The molecule has 2 aromatic rings. The average Bonchev–Trinajstić information content (AvgIpc) is 3.09. The summed E-state index contributed by atoms with van der Waals surface area (Å²) in [4.78, 5) is 30.5. The van der Waals surface area contributed by atoms with Crippen molar-refractivity contribution >= 4 is 40.6 Å². The molecule has 0 radical (unpaired) electrons. The van der Waals surface area contributed by atoms with E-state index in [0.717, 1.165) is 40.4 Å². The molecule has 0 aliphatic carbocycles. The number of carbonyl (C=O) groups excluding carboxylic acids is 2. The number of thioether (sulfide) groups is 1. The van der Waals surface area contributed by atoms with E-state index in [4.69, 9.17) is 5.73 Å². The molecule has 2 N–H and O–H groups in total. The van der Waals surface area contributed by atoms with Gasteiger partial charge in [0.25, 0.3) is 0 Å². The van der Waals surface area contributed by atoms with Crippen molar-refractivity contribution in [2.75, 3.05) is 34.9 Å². The van der Waals surface area contributed by atoms with Gasteiger partial charge in [0, 0.05) is 41.5 Å². The number of hydrogen-bond acceptors (Lipinski definition) is 4. The van der Waals surface area contributed by atoms with E-state index in [2.05, 4.69) is 0 Å². The maximum Gasteiger partial charge on any atom is 0.232 e. The lowest BCUT2D eigenvalue weighted by molar-refractivity contribution is -0.124. The van der Waals surface area contributed by atoms with Crippen LogP contribution in [0.1, 0.15) is 18.4 Å². The van der Waals surface area contributed by atoms with Gasteiger partial charge in [0.1, 0.15) is 0 Å². The van der Waals surface area contributed by atoms with E-state index in [9.17, 15) is 9.59 Å². The van der Waals surface area contributed by atoms with Crippen LogP contribution in [0.2, 0.25) is 0 Å². The third-order valence-electron chi connectivity index (χ3n) is 5.39. The summed E-state index contributed by atoms with van der Waals surface area (Å²) in [6.07, 6.45) is 4.06. The average molecular weight is 382 g/mol. The Bertz CT molecular complexity index is 899. The summed E-state index contributed by atoms with van der Waals surface area (Å²) in [7, 11) is 0. The van der Waals surface area contributed by atoms with Gasteiger partial charge in [-0.3, -0.25) is 9.59 Å². The number of nitrogens with zero attached hydrogens (tertiary/aromatic N) is 2. The molecule has 140 valence electrons. The molecule has 1 unspecified atom stereocenters. The number of anilines is 3. The molecule has 1 atom stereocenters. The lowest BCUT2D eigenvalue weighted by Gasteiger charge is -2.32. The highest BCUT2D eigenvalue weighted by molar-refractivity contribution is 7.98. The quantitative estimate of drug-likeness (QED) is 0.654. The lowest BCUT2D eigenvalue weighted by Crippen LogP contribution is -2.40. The molecule has 2 aliphatic rings. The molecule has 0 spiro atoms. The topological polar surface area (TPSA) is 66.6 Å². The van der Waals surface area contributed by atoms with Crippen molar-refractivity contribution in [3.8, 4) is 0 Å². The van der Waals surface area contributed by atoms with Gasteiger partial charge in [-0.05, 0) is 55.0 Å². The molecule has 4 rings (SSSR count). The number of fused-ring (bicyclic) bond motifs is 1. The number of rotatable bonds is 3. The molecule has 5 nitrogen and oxygen atoms in total. The first-order valence-electron chi connectivity index (χ1n) is 9.21. The van der Waals surface area contributed by atoms with Gasteiger partial charge >= 0.3 is 0 Å². The molecule has 2 aromatic carbocycles. The minimum atomic E-state index is -0.317. The van der Waals surface area contributed by atoms with E-state index in [1.807, 2.05) is 53.6 Å². The molecular weight excluding hydrogens is 358 g/mol. The van der Waals surface area contributed by atoms with Crippen molar-refractivity contribution in [1.29, 1.82) is 0 Å². The molecule has 1 saturated heterocycles. The van der Waals surface area contributed by atoms with Gasteiger partial charge in [-0.1, -0.05) is 12.1 Å². The number of nitrogen functional groups attached to an aromatic ring is 1. The van der Waals surface area contributed by atoms with Crippen LogP contribution in [-0.4, -0.2) is 31.2 Å². The van der Waals surface area contributed by atoms with Crippen molar-refractivity contribution in [1.82, 2.24) is 0 Å². The number of benzene rings is 2. The number of nitrogens with two attached hydrogens (primary N) is 1. The number of carbonyl (C=O) groups is 2. The van der Waals surface area contributed by atoms with Crippen LogP contribution in [0.25, 0.3) is 0 Å².